The number of ether oxygens (including phenoxy) is 1. The van der Waals surface area contributed by atoms with Crippen molar-refractivity contribution in [3.63, 3.8) is 0 Å². The Hall–Kier alpha value is -2.87. The maximum absolute atomic E-state index is 12.0. The molecule has 0 amide bonds. The quantitative estimate of drug-likeness (QED) is 0.292. The molecule has 0 unspecified atom stereocenters. The van der Waals surface area contributed by atoms with E-state index in [1.807, 2.05) is 92.7 Å². The lowest BCUT2D eigenvalue weighted by atomic mass is 10.1. The minimum atomic E-state index is 0.00405. The molecule has 0 N–H and O–H groups in total. The third-order valence-electron chi connectivity index (χ3n) is 3.45. The molecule has 0 saturated carbocycles. The molecule has 2 aromatic rings. The molecule has 0 aliphatic rings. The van der Waals surface area contributed by atoms with E-state index < -0.39 is 0 Å². The van der Waals surface area contributed by atoms with Crippen LogP contribution in [0.2, 0.25) is 0 Å². The first kappa shape index (κ1) is 17.5. The predicted molar refractivity (Wildman–Crippen MR) is 98.7 cm³/mol. The van der Waals surface area contributed by atoms with Gasteiger partial charge < -0.3 is 4.74 Å². The Morgan fingerprint density at radius 3 is 2.17 bits per heavy atom. The van der Waals surface area contributed by atoms with Gasteiger partial charge in [0.25, 0.3) is 0 Å². The monoisotopic (exact) mass is 318 g/mol. The molecule has 0 heterocycles. The molecule has 0 fully saturated rings. The summed E-state index contributed by atoms with van der Waals surface area (Å²) in [6.45, 7) is 4.43. The molecule has 0 saturated heterocycles. The third-order valence-corrected chi connectivity index (χ3v) is 3.45. The van der Waals surface area contributed by atoms with E-state index in [1.54, 1.807) is 6.08 Å². The number of carbonyl (C=O) groups excluding carboxylic acids is 1. The van der Waals surface area contributed by atoms with Gasteiger partial charge in [0, 0.05) is 5.56 Å². The number of hydrogen-bond acceptors (Lipinski definition) is 2. The van der Waals surface area contributed by atoms with E-state index in [0.717, 1.165) is 16.9 Å². The average molecular weight is 318 g/mol. The zero-order valence-electron chi connectivity index (χ0n) is 14.1. The Kier molecular flexibility index (Phi) is 6.78. The van der Waals surface area contributed by atoms with Gasteiger partial charge in [-0.1, -0.05) is 78.4 Å². The SMILES string of the molecule is CC(/C=C/C(=O)c1ccccc1)=C\C=C(/C)OCc1ccccc1. The lowest BCUT2D eigenvalue weighted by molar-refractivity contribution is 0.104. The van der Waals surface area contributed by atoms with Gasteiger partial charge in [-0.2, -0.15) is 0 Å². The van der Waals surface area contributed by atoms with Crippen LogP contribution in [-0.2, 0) is 11.3 Å². The van der Waals surface area contributed by atoms with E-state index in [-0.39, 0.29) is 5.78 Å². The second kappa shape index (κ2) is 9.31. The van der Waals surface area contributed by atoms with Crippen LogP contribution in [-0.4, -0.2) is 5.78 Å². The van der Waals surface area contributed by atoms with Crippen LogP contribution in [0.1, 0.15) is 29.8 Å². The van der Waals surface area contributed by atoms with Gasteiger partial charge in [0.05, 0.1) is 5.76 Å². The van der Waals surface area contributed by atoms with Crippen LogP contribution in [0.25, 0.3) is 0 Å². The molecule has 0 atom stereocenters. The third kappa shape index (κ3) is 6.09. The standard InChI is InChI=1S/C22H22O2/c1-18(14-16-22(23)21-11-7-4-8-12-21)13-15-19(2)24-17-20-9-5-3-6-10-20/h3-16H,17H2,1-2H3/b16-14+,18-13+,19-15+. The Balaban J connectivity index is 1.88. The summed E-state index contributed by atoms with van der Waals surface area (Å²) in [4.78, 5) is 12.0. The van der Waals surface area contributed by atoms with Gasteiger partial charge in [0.1, 0.15) is 6.61 Å². The van der Waals surface area contributed by atoms with Crippen LogP contribution < -0.4 is 0 Å². The molecule has 122 valence electrons. The first-order valence-corrected chi connectivity index (χ1v) is 7.94. The van der Waals surface area contributed by atoms with Crippen molar-refractivity contribution in [3.05, 3.63) is 107 Å². The second-order valence-electron chi connectivity index (χ2n) is 5.53. The highest BCUT2D eigenvalue weighted by Gasteiger charge is 1.98. The van der Waals surface area contributed by atoms with Crippen molar-refractivity contribution in [2.24, 2.45) is 0 Å². The van der Waals surface area contributed by atoms with E-state index in [4.69, 9.17) is 4.74 Å². The molecule has 0 radical (unpaired) electrons. The summed E-state index contributed by atoms with van der Waals surface area (Å²) in [5.41, 5.74) is 2.82. The number of benzene rings is 2. The number of carbonyl (C=O) groups is 1. The lowest BCUT2D eigenvalue weighted by Crippen LogP contribution is -1.93. The molecule has 2 rings (SSSR count). The minimum Gasteiger partial charge on any atom is -0.494 e. The Bertz CT molecular complexity index is 738. The van der Waals surface area contributed by atoms with Crippen molar-refractivity contribution in [1.29, 1.82) is 0 Å². The van der Waals surface area contributed by atoms with Crippen LogP contribution in [0, 0.1) is 0 Å². The zero-order valence-corrected chi connectivity index (χ0v) is 14.1. The number of rotatable bonds is 7. The Morgan fingerprint density at radius 2 is 1.50 bits per heavy atom. The van der Waals surface area contributed by atoms with Gasteiger partial charge >= 0.3 is 0 Å². The molecule has 0 aliphatic heterocycles. The molecule has 0 aromatic heterocycles. The summed E-state index contributed by atoms with van der Waals surface area (Å²) in [6.07, 6.45) is 7.26. The van der Waals surface area contributed by atoms with E-state index in [1.165, 1.54) is 0 Å². The smallest absolute Gasteiger partial charge is 0.185 e. The molecular formula is C22H22O2. The maximum atomic E-state index is 12.0. The summed E-state index contributed by atoms with van der Waals surface area (Å²) in [7, 11) is 0. The van der Waals surface area contributed by atoms with Crippen LogP contribution in [0.3, 0.4) is 0 Å². The normalized spacial score (nSPS) is 12.4. The first-order chi connectivity index (χ1) is 11.6. The topological polar surface area (TPSA) is 26.3 Å². The van der Waals surface area contributed by atoms with E-state index in [0.29, 0.717) is 12.2 Å². The zero-order chi connectivity index (χ0) is 17.2. The minimum absolute atomic E-state index is 0.00405. The van der Waals surface area contributed by atoms with Gasteiger partial charge in [-0.05, 0) is 31.6 Å². The van der Waals surface area contributed by atoms with Crippen molar-refractivity contribution in [1.82, 2.24) is 0 Å². The van der Waals surface area contributed by atoms with Crippen molar-refractivity contribution in [2.45, 2.75) is 20.5 Å². The van der Waals surface area contributed by atoms with Gasteiger partial charge in [-0.15, -0.1) is 0 Å². The fraction of sp³-hybridized carbons (Fsp3) is 0.136. The lowest BCUT2D eigenvalue weighted by Gasteiger charge is -2.05. The van der Waals surface area contributed by atoms with Gasteiger partial charge in [-0.25, -0.2) is 0 Å². The fourth-order valence-corrected chi connectivity index (χ4v) is 2.03. The van der Waals surface area contributed by atoms with Crippen molar-refractivity contribution in [2.75, 3.05) is 0 Å². The summed E-state index contributed by atoms with van der Waals surface area (Å²) in [6, 6.07) is 19.3. The number of hydrogen-bond donors (Lipinski definition) is 0. The van der Waals surface area contributed by atoms with Crippen LogP contribution >= 0.6 is 0 Å². The van der Waals surface area contributed by atoms with E-state index >= 15 is 0 Å². The number of ketones is 1. The highest BCUT2D eigenvalue weighted by molar-refractivity contribution is 6.04. The molecule has 0 aliphatic carbocycles. The Morgan fingerprint density at radius 1 is 0.875 bits per heavy atom. The summed E-state index contributed by atoms with van der Waals surface area (Å²) >= 11 is 0. The van der Waals surface area contributed by atoms with Crippen LogP contribution in [0.4, 0.5) is 0 Å². The van der Waals surface area contributed by atoms with Gasteiger partial charge in [-0.3, -0.25) is 4.79 Å². The maximum Gasteiger partial charge on any atom is 0.185 e. The highest BCUT2D eigenvalue weighted by atomic mass is 16.5. The second-order valence-corrected chi connectivity index (χ2v) is 5.53. The predicted octanol–water partition coefficient (Wildman–Crippen LogP) is 5.49. The average Bonchev–Trinajstić information content (AvgIpc) is 2.64. The van der Waals surface area contributed by atoms with Crippen LogP contribution in [0.5, 0.6) is 0 Å². The van der Waals surface area contributed by atoms with E-state index in [9.17, 15) is 4.79 Å². The molecule has 2 nitrogen and oxygen atoms in total. The fourth-order valence-electron chi connectivity index (χ4n) is 2.03. The summed E-state index contributed by atoms with van der Waals surface area (Å²) in [5.74, 6) is 0.838. The Labute approximate surface area is 143 Å². The molecule has 0 spiro atoms. The summed E-state index contributed by atoms with van der Waals surface area (Å²) in [5, 5.41) is 0. The van der Waals surface area contributed by atoms with Gasteiger partial charge in [0.15, 0.2) is 5.78 Å². The number of allylic oxidation sites excluding steroid dienone is 6. The largest absolute Gasteiger partial charge is 0.494 e. The molecule has 24 heavy (non-hydrogen) atoms. The molecule has 2 heteroatoms. The van der Waals surface area contributed by atoms with Crippen molar-refractivity contribution in [3.8, 4) is 0 Å². The first-order valence-electron chi connectivity index (χ1n) is 7.94. The van der Waals surface area contributed by atoms with Gasteiger partial charge in [0.2, 0.25) is 0 Å². The molecular weight excluding hydrogens is 296 g/mol. The van der Waals surface area contributed by atoms with E-state index in [2.05, 4.69) is 0 Å². The molecule has 2 aromatic carbocycles. The van der Waals surface area contributed by atoms with Crippen molar-refractivity contribution < 1.29 is 9.53 Å². The van der Waals surface area contributed by atoms with Crippen LogP contribution in [0.15, 0.2) is 96.3 Å². The molecule has 0 bridgehead atoms. The summed E-state index contributed by atoms with van der Waals surface area (Å²) < 4.78 is 5.70. The highest BCUT2D eigenvalue weighted by Crippen LogP contribution is 2.07. The van der Waals surface area contributed by atoms with Crippen molar-refractivity contribution >= 4 is 5.78 Å².